The average molecular weight is 433 g/mol. The number of carbonyl (C=O) groups excluding carboxylic acids is 1. The molecule has 0 amide bonds. The summed E-state index contributed by atoms with van der Waals surface area (Å²) in [5, 5.41) is 8.67. The zero-order valence-electron chi connectivity index (χ0n) is 16.8. The molecule has 2 aromatic rings. The molecule has 0 atom stereocenters. The molecule has 0 saturated carbocycles. The number of nitrogens with zero attached hydrogens (tertiary/aromatic N) is 1. The Labute approximate surface area is 175 Å². The average Bonchev–Trinajstić information content (AvgIpc) is 3.15. The summed E-state index contributed by atoms with van der Waals surface area (Å²) in [5.74, 6) is -0.834. The monoisotopic (exact) mass is 433 g/mol. The van der Waals surface area contributed by atoms with E-state index in [0.29, 0.717) is 35.4 Å². The predicted octanol–water partition coefficient (Wildman–Crippen LogP) is 2.78. The van der Waals surface area contributed by atoms with Gasteiger partial charge in [-0.1, -0.05) is 0 Å². The molecule has 0 bridgehead atoms. The van der Waals surface area contributed by atoms with Crippen LogP contribution in [0.3, 0.4) is 0 Å². The highest BCUT2D eigenvalue weighted by atomic mass is 32.2. The molecule has 0 saturated heterocycles. The van der Waals surface area contributed by atoms with Gasteiger partial charge in [-0.15, -0.1) is 0 Å². The standard InChI is InChI=1S/C21H23NO7S/c1-14-12-17(6-8-19(14)29-11-3-4-20(23)24)30(26,27)22-10-9-15-13-16(21(25)28-2)5-7-18(15)22/h5-8,12-13H,3-4,9-11H2,1-2H3,(H,23,24). The number of ether oxygens (including phenoxy) is 2. The Hall–Kier alpha value is -3.07. The molecule has 2 aromatic carbocycles. The number of benzene rings is 2. The fraction of sp³-hybridized carbons (Fsp3) is 0.333. The van der Waals surface area contributed by atoms with Crippen LogP contribution < -0.4 is 9.04 Å². The van der Waals surface area contributed by atoms with E-state index < -0.39 is 22.0 Å². The Morgan fingerprint density at radius 1 is 1.17 bits per heavy atom. The fourth-order valence-electron chi connectivity index (χ4n) is 3.34. The lowest BCUT2D eigenvalue weighted by molar-refractivity contribution is -0.137. The number of aliphatic carboxylic acids is 1. The number of rotatable bonds is 8. The zero-order valence-corrected chi connectivity index (χ0v) is 17.6. The van der Waals surface area contributed by atoms with Gasteiger partial charge in [0.2, 0.25) is 0 Å². The maximum atomic E-state index is 13.2. The van der Waals surface area contributed by atoms with Crippen LogP contribution in [0.2, 0.25) is 0 Å². The number of sulfonamides is 1. The second-order valence-electron chi connectivity index (χ2n) is 6.94. The van der Waals surface area contributed by atoms with Crippen molar-refractivity contribution in [3.05, 3.63) is 53.1 Å². The van der Waals surface area contributed by atoms with Gasteiger partial charge in [-0.05, 0) is 67.3 Å². The maximum Gasteiger partial charge on any atom is 0.337 e. The summed E-state index contributed by atoms with van der Waals surface area (Å²) in [6.45, 7) is 2.27. The number of hydrogen-bond donors (Lipinski definition) is 1. The van der Waals surface area contributed by atoms with Gasteiger partial charge in [0, 0.05) is 13.0 Å². The van der Waals surface area contributed by atoms with Crippen molar-refractivity contribution >= 4 is 27.6 Å². The van der Waals surface area contributed by atoms with Crippen molar-refractivity contribution in [1.29, 1.82) is 0 Å². The molecular formula is C21H23NO7S. The van der Waals surface area contributed by atoms with Crippen LogP contribution in [-0.2, 0) is 26.0 Å². The molecule has 0 unspecified atom stereocenters. The van der Waals surface area contributed by atoms with Crippen LogP contribution in [0.5, 0.6) is 5.75 Å². The molecule has 1 N–H and O–H groups in total. The van der Waals surface area contributed by atoms with Crippen LogP contribution in [-0.4, -0.2) is 45.7 Å². The minimum atomic E-state index is -3.78. The molecule has 160 valence electrons. The highest BCUT2D eigenvalue weighted by Crippen LogP contribution is 2.34. The molecule has 1 aliphatic rings. The summed E-state index contributed by atoms with van der Waals surface area (Å²) in [5.41, 5.74) is 2.36. The Kier molecular flexibility index (Phi) is 6.31. The molecule has 9 heteroatoms. The second kappa shape index (κ2) is 8.74. The number of fused-ring (bicyclic) bond motifs is 1. The van der Waals surface area contributed by atoms with Crippen LogP contribution in [0, 0.1) is 6.92 Å². The maximum absolute atomic E-state index is 13.2. The van der Waals surface area contributed by atoms with Crippen molar-refractivity contribution in [3.8, 4) is 5.75 Å². The second-order valence-corrected chi connectivity index (χ2v) is 8.80. The van der Waals surface area contributed by atoms with E-state index in [4.69, 9.17) is 14.6 Å². The number of anilines is 1. The molecule has 0 fully saturated rings. The Morgan fingerprint density at radius 2 is 1.93 bits per heavy atom. The third-order valence-electron chi connectivity index (χ3n) is 4.88. The van der Waals surface area contributed by atoms with E-state index in [9.17, 15) is 18.0 Å². The van der Waals surface area contributed by atoms with Gasteiger partial charge >= 0.3 is 11.9 Å². The van der Waals surface area contributed by atoms with E-state index in [1.807, 2.05) is 0 Å². The molecule has 8 nitrogen and oxygen atoms in total. The molecule has 1 aliphatic heterocycles. The Morgan fingerprint density at radius 3 is 2.60 bits per heavy atom. The topological polar surface area (TPSA) is 110 Å². The molecule has 1 heterocycles. The number of esters is 1. The molecular weight excluding hydrogens is 410 g/mol. The summed E-state index contributed by atoms with van der Waals surface area (Å²) >= 11 is 0. The summed E-state index contributed by atoms with van der Waals surface area (Å²) < 4.78 is 38.0. The molecule has 0 aliphatic carbocycles. The lowest BCUT2D eigenvalue weighted by atomic mass is 10.1. The summed E-state index contributed by atoms with van der Waals surface area (Å²) in [6, 6.07) is 9.45. The van der Waals surface area contributed by atoms with Gasteiger partial charge in [0.1, 0.15) is 5.75 Å². The first kappa shape index (κ1) is 21.6. The van der Waals surface area contributed by atoms with E-state index >= 15 is 0 Å². The van der Waals surface area contributed by atoms with Gasteiger partial charge in [-0.2, -0.15) is 0 Å². The van der Waals surface area contributed by atoms with Gasteiger partial charge in [0.15, 0.2) is 0 Å². The molecule has 0 spiro atoms. The summed E-state index contributed by atoms with van der Waals surface area (Å²) in [7, 11) is -2.48. The predicted molar refractivity (Wildman–Crippen MR) is 110 cm³/mol. The van der Waals surface area contributed by atoms with Gasteiger partial charge in [0.05, 0.1) is 29.9 Å². The Balaban J connectivity index is 1.79. The highest BCUT2D eigenvalue weighted by molar-refractivity contribution is 7.92. The lowest BCUT2D eigenvalue weighted by Crippen LogP contribution is -2.29. The van der Waals surface area contributed by atoms with Crippen LogP contribution in [0.15, 0.2) is 41.3 Å². The zero-order chi connectivity index (χ0) is 21.9. The van der Waals surface area contributed by atoms with Gasteiger partial charge in [-0.3, -0.25) is 9.10 Å². The minimum absolute atomic E-state index is 0.0115. The van der Waals surface area contributed by atoms with E-state index in [-0.39, 0.29) is 24.5 Å². The number of carbonyl (C=O) groups is 2. The number of methoxy groups -OCH3 is 1. The number of carboxylic acid groups (broad SMARTS) is 1. The third-order valence-corrected chi connectivity index (χ3v) is 6.69. The smallest absolute Gasteiger partial charge is 0.337 e. The van der Waals surface area contributed by atoms with E-state index in [1.54, 1.807) is 37.3 Å². The summed E-state index contributed by atoms with van der Waals surface area (Å²) in [6.07, 6.45) is 0.883. The van der Waals surface area contributed by atoms with E-state index in [1.165, 1.54) is 17.5 Å². The van der Waals surface area contributed by atoms with Gasteiger partial charge < -0.3 is 14.6 Å². The van der Waals surface area contributed by atoms with Crippen molar-refractivity contribution in [2.24, 2.45) is 0 Å². The number of aryl methyl sites for hydroxylation is 1. The van der Waals surface area contributed by atoms with Crippen LogP contribution in [0.4, 0.5) is 5.69 Å². The molecule has 0 aromatic heterocycles. The SMILES string of the molecule is COC(=O)c1ccc2c(c1)CCN2S(=O)(=O)c1ccc(OCCCC(=O)O)c(C)c1. The van der Waals surface area contributed by atoms with Crippen LogP contribution >= 0.6 is 0 Å². The third kappa shape index (κ3) is 4.40. The number of hydrogen-bond acceptors (Lipinski definition) is 6. The highest BCUT2D eigenvalue weighted by Gasteiger charge is 2.31. The first-order valence-corrected chi connectivity index (χ1v) is 10.9. The van der Waals surface area contributed by atoms with Crippen molar-refractivity contribution in [3.63, 3.8) is 0 Å². The largest absolute Gasteiger partial charge is 0.493 e. The first-order valence-electron chi connectivity index (χ1n) is 9.43. The minimum Gasteiger partial charge on any atom is -0.493 e. The molecule has 0 radical (unpaired) electrons. The van der Waals surface area contributed by atoms with Crippen LogP contribution in [0.1, 0.15) is 34.3 Å². The van der Waals surface area contributed by atoms with E-state index in [2.05, 4.69) is 0 Å². The van der Waals surface area contributed by atoms with Crippen LogP contribution in [0.25, 0.3) is 0 Å². The van der Waals surface area contributed by atoms with Crippen molar-refractivity contribution in [2.45, 2.75) is 31.1 Å². The van der Waals surface area contributed by atoms with Gasteiger partial charge in [-0.25, -0.2) is 13.2 Å². The number of carboxylic acids is 1. The van der Waals surface area contributed by atoms with Crippen molar-refractivity contribution in [2.75, 3.05) is 24.6 Å². The van der Waals surface area contributed by atoms with Gasteiger partial charge in [0.25, 0.3) is 10.0 Å². The normalized spacial score (nSPS) is 13.1. The van der Waals surface area contributed by atoms with E-state index in [0.717, 1.165) is 5.56 Å². The quantitative estimate of drug-likeness (QED) is 0.503. The fourth-order valence-corrected chi connectivity index (χ4v) is 4.93. The summed E-state index contributed by atoms with van der Waals surface area (Å²) in [4.78, 5) is 22.4. The Bertz CT molecular complexity index is 1080. The molecule has 30 heavy (non-hydrogen) atoms. The van der Waals surface area contributed by atoms with Crippen molar-refractivity contribution in [1.82, 2.24) is 0 Å². The van der Waals surface area contributed by atoms with Crippen molar-refractivity contribution < 1.29 is 32.6 Å². The molecule has 3 rings (SSSR count). The first-order chi connectivity index (χ1) is 14.2. The lowest BCUT2D eigenvalue weighted by Gasteiger charge is -2.20.